The fourth-order valence-electron chi connectivity index (χ4n) is 2.79. The molecule has 0 spiro atoms. The first kappa shape index (κ1) is 19.9. The van der Waals surface area contributed by atoms with E-state index < -0.39 is 23.7 Å². The Morgan fingerprint density at radius 1 is 1.15 bits per heavy atom. The highest BCUT2D eigenvalue weighted by atomic mass is 16.6. The number of likely N-dealkylation sites (tertiary alicyclic amines) is 1. The van der Waals surface area contributed by atoms with Gasteiger partial charge in [-0.3, -0.25) is 9.69 Å². The van der Waals surface area contributed by atoms with Gasteiger partial charge >= 0.3 is 12.1 Å². The van der Waals surface area contributed by atoms with Gasteiger partial charge in [0.2, 0.25) is 0 Å². The Balaban J connectivity index is 1.91. The summed E-state index contributed by atoms with van der Waals surface area (Å²) in [5.41, 5.74) is 1.01. The summed E-state index contributed by atoms with van der Waals surface area (Å²) in [6.45, 7) is 7.48. The largest absolute Gasteiger partial charge is 0.456 e. The molecule has 0 saturated carbocycles. The monoisotopic (exact) mass is 361 g/mol. The molecular weight excluding hydrogens is 334 g/mol. The number of ketones is 1. The molecule has 1 fully saturated rings. The number of carbonyl (C=O) groups is 3. The molecule has 1 aromatic carbocycles. The highest BCUT2D eigenvalue weighted by molar-refractivity contribution is 5.98. The number of hydrogen-bond acceptors (Lipinski definition) is 5. The molecule has 6 heteroatoms. The molecule has 0 radical (unpaired) electrons. The van der Waals surface area contributed by atoms with Crippen LogP contribution in [0.5, 0.6) is 0 Å². The van der Waals surface area contributed by atoms with Crippen molar-refractivity contribution in [2.75, 3.05) is 13.2 Å². The van der Waals surface area contributed by atoms with E-state index in [1.165, 1.54) is 4.90 Å². The van der Waals surface area contributed by atoms with Gasteiger partial charge in [-0.25, -0.2) is 9.59 Å². The normalized spacial score (nSPS) is 17.1. The van der Waals surface area contributed by atoms with Gasteiger partial charge in [0, 0.05) is 12.1 Å². The summed E-state index contributed by atoms with van der Waals surface area (Å²) < 4.78 is 10.5. The van der Waals surface area contributed by atoms with Crippen molar-refractivity contribution in [3.8, 4) is 0 Å². The first-order valence-electron chi connectivity index (χ1n) is 8.99. The minimum absolute atomic E-state index is 0.261. The van der Waals surface area contributed by atoms with Crippen LogP contribution in [-0.4, -0.2) is 47.5 Å². The van der Waals surface area contributed by atoms with Crippen LogP contribution in [0.1, 0.15) is 56.5 Å². The van der Waals surface area contributed by atoms with Gasteiger partial charge < -0.3 is 9.47 Å². The molecule has 1 aliphatic heterocycles. The molecule has 0 aromatic heterocycles. The summed E-state index contributed by atoms with van der Waals surface area (Å²) in [4.78, 5) is 38.1. The van der Waals surface area contributed by atoms with Crippen LogP contribution in [0.25, 0.3) is 0 Å². The van der Waals surface area contributed by atoms with Gasteiger partial charge in [0.05, 0.1) is 0 Å². The standard InChI is InChI=1S/C20H27NO5/c1-5-14-8-10-15(11-9-14)17(22)13-25-18(23)16-7-6-12-21(16)19(24)26-20(2,3)4/h8-11,16H,5-7,12-13H2,1-4H3/t16-/m1/s1. The number of amides is 1. The molecule has 0 bridgehead atoms. The summed E-state index contributed by atoms with van der Waals surface area (Å²) in [6, 6.07) is 6.54. The van der Waals surface area contributed by atoms with Gasteiger partial charge in [0.1, 0.15) is 11.6 Å². The molecule has 0 aliphatic carbocycles. The number of hydrogen-bond donors (Lipinski definition) is 0. The maximum atomic E-state index is 12.3. The van der Waals surface area contributed by atoms with Crippen molar-refractivity contribution in [3.05, 3.63) is 35.4 Å². The molecule has 6 nitrogen and oxygen atoms in total. The first-order valence-corrected chi connectivity index (χ1v) is 8.99. The van der Waals surface area contributed by atoms with Crippen molar-refractivity contribution < 1.29 is 23.9 Å². The van der Waals surface area contributed by atoms with Crippen LogP contribution >= 0.6 is 0 Å². The number of ether oxygens (including phenoxy) is 2. The number of aryl methyl sites for hydroxylation is 1. The molecule has 1 aliphatic rings. The van der Waals surface area contributed by atoms with Crippen molar-refractivity contribution in [2.24, 2.45) is 0 Å². The van der Waals surface area contributed by atoms with E-state index in [1.54, 1.807) is 32.9 Å². The Bertz CT molecular complexity index is 660. The van der Waals surface area contributed by atoms with Crippen molar-refractivity contribution in [3.63, 3.8) is 0 Å². The Labute approximate surface area is 154 Å². The van der Waals surface area contributed by atoms with Gasteiger partial charge in [-0.1, -0.05) is 31.2 Å². The summed E-state index contributed by atoms with van der Waals surface area (Å²) in [6.07, 6.45) is 1.58. The van der Waals surface area contributed by atoms with Crippen molar-refractivity contribution in [1.29, 1.82) is 0 Å². The third-order valence-corrected chi connectivity index (χ3v) is 4.18. The highest BCUT2D eigenvalue weighted by Gasteiger charge is 2.37. The molecule has 1 aromatic rings. The lowest BCUT2D eigenvalue weighted by atomic mass is 10.1. The second kappa shape index (κ2) is 8.34. The Morgan fingerprint density at radius 2 is 1.81 bits per heavy atom. The molecule has 2 rings (SSSR count). The van der Waals surface area contributed by atoms with Crippen LogP contribution in [0.4, 0.5) is 4.79 Å². The molecule has 0 N–H and O–H groups in total. The van der Waals surface area contributed by atoms with Crippen LogP contribution in [0.3, 0.4) is 0 Å². The zero-order chi connectivity index (χ0) is 19.3. The minimum Gasteiger partial charge on any atom is -0.456 e. The van der Waals surface area contributed by atoms with Gasteiger partial charge in [-0.2, -0.15) is 0 Å². The fraction of sp³-hybridized carbons (Fsp3) is 0.550. The van der Waals surface area contributed by atoms with Crippen LogP contribution in [0.15, 0.2) is 24.3 Å². The van der Waals surface area contributed by atoms with E-state index in [1.807, 2.05) is 19.1 Å². The van der Waals surface area contributed by atoms with Gasteiger partial charge in [0.25, 0.3) is 0 Å². The first-order chi connectivity index (χ1) is 12.2. The topological polar surface area (TPSA) is 72.9 Å². The van der Waals surface area contributed by atoms with E-state index in [0.717, 1.165) is 12.0 Å². The number of benzene rings is 1. The lowest BCUT2D eigenvalue weighted by Gasteiger charge is -2.27. The third-order valence-electron chi connectivity index (χ3n) is 4.18. The summed E-state index contributed by atoms with van der Waals surface area (Å²) in [5, 5.41) is 0. The molecule has 0 unspecified atom stereocenters. The Kier molecular flexibility index (Phi) is 6.40. The average Bonchev–Trinajstić information content (AvgIpc) is 3.08. The fourth-order valence-corrected chi connectivity index (χ4v) is 2.79. The van der Waals surface area contributed by atoms with E-state index >= 15 is 0 Å². The Hall–Kier alpha value is -2.37. The van der Waals surface area contributed by atoms with Crippen LogP contribution < -0.4 is 0 Å². The summed E-state index contributed by atoms with van der Waals surface area (Å²) >= 11 is 0. The molecule has 26 heavy (non-hydrogen) atoms. The van der Waals surface area contributed by atoms with E-state index in [0.29, 0.717) is 24.9 Å². The average molecular weight is 361 g/mol. The number of carbonyl (C=O) groups excluding carboxylic acids is 3. The summed E-state index contributed by atoms with van der Waals surface area (Å²) in [7, 11) is 0. The smallest absolute Gasteiger partial charge is 0.411 e. The molecule has 1 heterocycles. The van der Waals surface area contributed by atoms with E-state index in [2.05, 4.69) is 0 Å². The van der Waals surface area contributed by atoms with Crippen molar-refractivity contribution in [1.82, 2.24) is 4.90 Å². The molecule has 1 atom stereocenters. The second-order valence-corrected chi connectivity index (χ2v) is 7.41. The molecule has 142 valence electrons. The predicted molar refractivity (Wildman–Crippen MR) is 97.1 cm³/mol. The van der Waals surface area contributed by atoms with E-state index in [4.69, 9.17) is 9.47 Å². The van der Waals surface area contributed by atoms with E-state index in [9.17, 15) is 14.4 Å². The number of Topliss-reactive ketones (excluding diaryl/α,β-unsaturated/α-hetero) is 1. The highest BCUT2D eigenvalue weighted by Crippen LogP contribution is 2.22. The lowest BCUT2D eigenvalue weighted by molar-refractivity contribution is -0.147. The Morgan fingerprint density at radius 3 is 2.38 bits per heavy atom. The van der Waals surface area contributed by atoms with Gasteiger partial charge in [0.15, 0.2) is 12.4 Å². The lowest BCUT2D eigenvalue weighted by Crippen LogP contribution is -2.44. The molecule has 1 saturated heterocycles. The maximum absolute atomic E-state index is 12.3. The van der Waals surface area contributed by atoms with E-state index in [-0.39, 0.29) is 12.4 Å². The molecule has 1 amide bonds. The van der Waals surface area contributed by atoms with Crippen LogP contribution in [-0.2, 0) is 20.7 Å². The second-order valence-electron chi connectivity index (χ2n) is 7.41. The zero-order valence-electron chi connectivity index (χ0n) is 15.9. The quantitative estimate of drug-likeness (QED) is 0.594. The molecular formula is C20H27NO5. The van der Waals surface area contributed by atoms with Gasteiger partial charge in [-0.05, 0) is 45.6 Å². The number of nitrogens with zero attached hydrogens (tertiary/aromatic N) is 1. The maximum Gasteiger partial charge on any atom is 0.411 e. The SMILES string of the molecule is CCc1ccc(C(=O)COC(=O)[C@H]2CCCN2C(=O)OC(C)(C)C)cc1. The summed E-state index contributed by atoms with van der Waals surface area (Å²) in [5.74, 6) is -0.824. The number of esters is 1. The van der Waals surface area contributed by atoms with Gasteiger partial charge in [-0.15, -0.1) is 0 Å². The van der Waals surface area contributed by atoms with Crippen molar-refractivity contribution >= 4 is 17.8 Å². The minimum atomic E-state index is -0.694. The zero-order valence-corrected chi connectivity index (χ0v) is 15.9. The van der Waals surface area contributed by atoms with Crippen LogP contribution in [0, 0.1) is 0 Å². The third kappa shape index (κ3) is 5.31. The van der Waals surface area contributed by atoms with Crippen LogP contribution in [0.2, 0.25) is 0 Å². The number of rotatable bonds is 5. The van der Waals surface area contributed by atoms with Crippen molar-refractivity contribution in [2.45, 2.75) is 58.6 Å². The predicted octanol–water partition coefficient (Wildman–Crippen LogP) is 3.37.